The molecule has 5 nitrogen and oxygen atoms in total. The quantitative estimate of drug-likeness (QED) is 0.751. The van der Waals surface area contributed by atoms with Gasteiger partial charge in [0.15, 0.2) is 0 Å². The van der Waals surface area contributed by atoms with Gasteiger partial charge in [-0.3, -0.25) is 0 Å². The molecule has 1 aromatic rings. The van der Waals surface area contributed by atoms with E-state index in [0.29, 0.717) is 18.2 Å². The molecule has 1 fully saturated rings. The summed E-state index contributed by atoms with van der Waals surface area (Å²) in [7, 11) is -3.85. The van der Waals surface area contributed by atoms with Crippen LogP contribution >= 0.6 is 0 Å². The summed E-state index contributed by atoms with van der Waals surface area (Å²) >= 11 is 0. The van der Waals surface area contributed by atoms with Gasteiger partial charge >= 0.3 is 0 Å². The van der Waals surface area contributed by atoms with Crippen molar-refractivity contribution < 1.29 is 12.8 Å². The Hall–Kier alpha value is -1.18. The number of anilines is 1. The van der Waals surface area contributed by atoms with Crippen LogP contribution in [0.15, 0.2) is 23.1 Å². The molecule has 1 heterocycles. The summed E-state index contributed by atoms with van der Waals surface area (Å²) in [5.41, 5.74) is 0.304. The fraction of sp³-hybridized carbons (Fsp3) is 0.500. The lowest BCUT2D eigenvalue weighted by Crippen LogP contribution is -2.14. The van der Waals surface area contributed by atoms with Gasteiger partial charge in [-0.15, -0.1) is 0 Å². The van der Waals surface area contributed by atoms with Gasteiger partial charge in [-0.2, -0.15) is 0 Å². The molecule has 0 aromatic heterocycles. The minimum Gasteiger partial charge on any atom is -0.383 e. The van der Waals surface area contributed by atoms with Gasteiger partial charge in [-0.25, -0.2) is 17.9 Å². The SMILES string of the molecule is NS(=O)(=O)c1ccc(NCCC2CCNC2)c(F)c1. The molecule has 0 saturated carbocycles. The molecule has 1 unspecified atom stereocenters. The molecular formula is C12H18FN3O2S. The van der Waals surface area contributed by atoms with Gasteiger partial charge < -0.3 is 10.6 Å². The van der Waals surface area contributed by atoms with Crippen LogP contribution in [0.3, 0.4) is 0 Å². The van der Waals surface area contributed by atoms with E-state index >= 15 is 0 Å². The number of primary sulfonamides is 1. The molecule has 4 N–H and O–H groups in total. The summed E-state index contributed by atoms with van der Waals surface area (Å²) in [6, 6.07) is 3.65. The Balaban J connectivity index is 1.93. The maximum absolute atomic E-state index is 13.7. The van der Waals surface area contributed by atoms with Gasteiger partial charge in [-0.1, -0.05) is 0 Å². The molecule has 0 spiro atoms. The highest BCUT2D eigenvalue weighted by Crippen LogP contribution is 2.19. The summed E-state index contributed by atoms with van der Waals surface area (Å²) in [5.74, 6) is 0.0234. The standard InChI is InChI=1S/C12H18FN3O2S/c13-11-7-10(19(14,17)18)1-2-12(11)16-6-4-9-3-5-15-8-9/h1-2,7,9,15-16H,3-6,8H2,(H2,14,17,18). The first kappa shape index (κ1) is 14.2. The van der Waals surface area contributed by atoms with Gasteiger partial charge in [-0.05, 0) is 50.0 Å². The van der Waals surface area contributed by atoms with E-state index in [0.717, 1.165) is 32.0 Å². The predicted molar refractivity (Wildman–Crippen MR) is 71.9 cm³/mol. The Labute approximate surface area is 112 Å². The number of nitrogens with two attached hydrogens (primary N) is 1. The van der Waals surface area contributed by atoms with Crippen LogP contribution in [0.25, 0.3) is 0 Å². The number of hydrogen-bond donors (Lipinski definition) is 3. The lowest BCUT2D eigenvalue weighted by Gasteiger charge is -2.11. The van der Waals surface area contributed by atoms with Crippen LogP contribution in [0.4, 0.5) is 10.1 Å². The van der Waals surface area contributed by atoms with E-state index in [9.17, 15) is 12.8 Å². The van der Waals surface area contributed by atoms with Crippen LogP contribution in [0.2, 0.25) is 0 Å². The third-order valence-corrected chi connectivity index (χ3v) is 4.21. The molecule has 7 heteroatoms. The van der Waals surface area contributed by atoms with Gasteiger partial charge in [0.05, 0.1) is 10.6 Å². The maximum atomic E-state index is 13.7. The zero-order chi connectivity index (χ0) is 13.9. The molecule has 1 aliphatic heterocycles. The van der Waals surface area contributed by atoms with Crippen molar-refractivity contribution in [1.82, 2.24) is 5.32 Å². The molecule has 0 amide bonds. The van der Waals surface area contributed by atoms with Crippen molar-refractivity contribution in [3.05, 3.63) is 24.0 Å². The Morgan fingerprint density at radius 1 is 1.47 bits per heavy atom. The molecular weight excluding hydrogens is 269 g/mol. The van der Waals surface area contributed by atoms with E-state index in [-0.39, 0.29) is 4.90 Å². The predicted octanol–water partition coefficient (Wildman–Crippen LogP) is 0.885. The molecule has 0 aliphatic carbocycles. The topological polar surface area (TPSA) is 84.2 Å². The Bertz CT molecular complexity index is 542. The number of benzene rings is 1. The number of sulfonamides is 1. The maximum Gasteiger partial charge on any atom is 0.238 e. The molecule has 1 aromatic carbocycles. The summed E-state index contributed by atoms with van der Waals surface area (Å²) in [4.78, 5) is -0.212. The van der Waals surface area contributed by atoms with E-state index < -0.39 is 15.8 Å². The fourth-order valence-electron chi connectivity index (χ4n) is 2.19. The average molecular weight is 287 g/mol. The normalized spacial score (nSPS) is 19.6. The highest BCUT2D eigenvalue weighted by molar-refractivity contribution is 7.89. The van der Waals surface area contributed by atoms with Gasteiger partial charge in [0.2, 0.25) is 10.0 Å². The minimum absolute atomic E-state index is 0.212. The van der Waals surface area contributed by atoms with Crippen LogP contribution in [0, 0.1) is 11.7 Å². The molecule has 1 saturated heterocycles. The van der Waals surface area contributed by atoms with Gasteiger partial charge in [0, 0.05) is 6.54 Å². The van der Waals surface area contributed by atoms with Crippen LogP contribution < -0.4 is 15.8 Å². The first-order valence-electron chi connectivity index (χ1n) is 6.24. The molecule has 0 bridgehead atoms. The zero-order valence-corrected chi connectivity index (χ0v) is 11.3. The third-order valence-electron chi connectivity index (χ3n) is 3.30. The van der Waals surface area contributed by atoms with Crippen LogP contribution in [-0.2, 0) is 10.0 Å². The van der Waals surface area contributed by atoms with E-state index in [4.69, 9.17) is 5.14 Å². The van der Waals surface area contributed by atoms with Crippen molar-refractivity contribution >= 4 is 15.7 Å². The Morgan fingerprint density at radius 2 is 2.26 bits per heavy atom. The minimum atomic E-state index is -3.85. The zero-order valence-electron chi connectivity index (χ0n) is 10.5. The Kier molecular flexibility index (Phi) is 4.38. The second-order valence-corrected chi connectivity index (χ2v) is 6.32. The Morgan fingerprint density at radius 3 is 2.84 bits per heavy atom. The average Bonchev–Trinajstić information content (AvgIpc) is 2.83. The van der Waals surface area contributed by atoms with Crippen LogP contribution in [0.1, 0.15) is 12.8 Å². The first-order valence-corrected chi connectivity index (χ1v) is 7.78. The highest BCUT2D eigenvalue weighted by Gasteiger charge is 2.14. The van der Waals surface area contributed by atoms with Crippen molar-refractivity contribution in [3.8, 4) is 0 Å². The molecule has 0 radical (unpaired) electrons. The molecule has 2 rings (SSSR count). The lowest BCUT2D eigenvalue weighted by molar-refractivity contribution is 0.547. The fourth-order valence-corrected chi connectivity index (χ4v) is 2.71. The number of hydrogen-bond acceptors (Lipinski definition) is 4. The van der Waals surface area contributed by atoms with E-state index in [1.807, 2.05) is 0 Å². The van der Waals surface area contributed by atoms with Crippen molar-refractivity contribution in [2.45, 2.75) is 17.7 Å². The number of rotatable bonds is 5. The van der Waals surface area contributed by atoms with Crippen molar-refractivity contribution in [3.63, 3.8) is 0 Å². The van der Waals surface area contributed by atoms with Crippen LogP contribution in [-0.4, -0.2) is 28.1 Å². The number of nitrogens with one attached hydrogen (secondary N) is 2. The lowest BCUT2D eigenvalue weighted by atomic mass is 10.1. The first-order chi connectivity index (χ1) is 8.97. The molecule has 1 aliphatic rings. The number of halogens is 1. The van der Waals surface area contributed by atoms with E-state index in [2.05, 4.69) is 10.6 Å². The summed E-state index contributed by atoms with van der Waals surface area (Å²) in [6.07, 6.45) is 2.11. The van der Waals surface area contributed by atoms with Crippen LogP contribution in [0.5, 0.6) is 0 Å². The monoisotopic (exact) mass is 287 g/mol. The second-order valence-electron chi connectivity index (χ2n) is 4.76. The highest BCUT2D eigenvalue weighted by atomic mass is 32.2. The van der Waals surface area contributed by atoms with E-state index in [1.165, 1.54) is 12.1 Å². The van der Waals surface area contributed by atoms with Crippen molar-refractivity contribution in [1.29, 1.82) is 0 Å². The third kappa shape index (κ3) is 3.89. The summed E-state index contributed by atoms with van der Waals surface area (Å²) < 4.78 is 35.8. The van der Waals surface area contributed by atoms with Gasteiger partial charge in [0.25, 0.3) is 0 Å². The van der Waals surface area contributed by atoms with E-state index in [1.54, 1.807) is 0 Å². The molecule has 106 valence electrons. The van der Waals surface area contributed by atoms with Gasteiger partial charge in [0.1, 0.15) is 5.82 Å². The summed E-state index contributed by atoms with van der Waals surface area (Å²) in [6.45, 7) is 2.72. The van der Waals surface area contributed by atoms with Crippen molar-refractivity contribution in [2.75, 3.05) is 25.0 Å². The second kappa shape index (κ2) is 5.85. The smallest absolute Gasteiger partial charge is 0.238 e. The van der Waals surface area contributed by atoms with Crippen molar-refractivity contribution in [2.24, 2.45) is 11.1 Å². The molecule has 1 atom stereocenters. The summed E-state index contributed by atoms with van der Waals surface area (Å²) in [5, 5.41) is 11.2. The largest absolute Gasteiger partial charge is 0.383 e. The molecule has 19 heavy (non-hydrogen) atoms.